The number of benzene rings is 1. The summed E-state index contributed by atoms with van der Waals surface area (Å²) in [5.74, 6) is 0.330. The van der Waals surface area contributed by atoms with Crippen LogP contribution in [0.3, 0.4) is 0 Å². The first kappa shape index (κ1) is 22.3. The van der Waals surface area contributed by atoms with Crippen molar-refractivity contribution >= 4 is 18.3 Å². The number of carbonyl (C=O) groups is 1. The van der Waals surface area contributed by atoms with Gasteiger partial charge in [-0.3, -0.25) is 10.1 Å². The van der Waals surface area contributed by atoms with Crippen LogP contribution in [0.5, 0.6) is 5.75 Å². The maximum Gasteiger partial charge on any atom is 0.573 e. The second-order valence-electron chi connectivity index (χ2n) is 7.62. The molecule has 0 bridgehead atoms. The number of hydrogen-bond acceptors (Lipinski definition) is 5. The molecule has 6 nitrogen and oxygen atoms in total. The van der Waals surface area contributed by atoms with Gasteiger partial charge in [0.25, 0.3) is 0 Å². The van der Waals surface area contributed by atoms with Crippen LogP contribution in [-0.4, -0.2) is 46.3 Å². The van der Waals surface area contributed by atoms with E-state index in [1.165, 1.54) is 18.2 Å². The fourth-order valence-corrected chi connectivity index (χ4v) is 4.11. The Kier molecular flexibility index (Phi) is 5.97. The van der Waals surface area contributed by atoms with Gasteiger partial charge in [-0.05, 0) is 44.4 Å². The molecule has 0 aliphatic carbocycles. The van der Waals surface area contributed by atoms with E-state index in [2.05, 4.69) is 20.0 Å². The summed E-state index contributed by atoms with van der Waals surface area (Å²) in [6, 6.07) is 7.25. The molecule has 1 aromatic heterocycles. The molecule has 0 radical (unpaired) electrons. The maximum absolute atomic E-state index is 12.5. The van der Waals surface area contributed by atoms with Gasteiger partial charge in [0.05, 0.1) is 11.7 Å². The first-order chi connectivity index (χ1) is 13.7. The molecule has 1 amide bonds. The molecule has 2 atom stereocenters. The van der Waals surface area contributed by atoms with E-state index in [0.29, 0.717) is 35.7 Å². The molecule has 162 valence electrons. The lowest BCUT2D eigenvalue weighted by molar-refractivity contribution is -0.274. The van der Waals surface area contributed by atoms with Crippen LogP contribution in [-0.2, 0) is 4.79 Å². The van der Waals surface area contributed by atoms with Gasteiger partial charge in [0, 0.05) is 24.8 Å². The van der Waals surface area contributed by atoms with Gasteiger partial charge in [0.2, 0.25) is 5.91 Å². The zero-order chi connectivity index (χ0) is 20.8. The van der Waals surface area contributed by atoms with Crippen molar-refractivity contribution < 1.29 is 22.7 Å². The fraction of sp³-hybridized carbons (Fsp3) is 0.450. The third-order valence-corrected chi connectivity index (χ3v) is 5.49. The number of likely N-dealkylation sites (tertiary alicyclic amines) is 1. The molecule has 2 aromatic rings. The lowest BCUT2D eigenvalue weighted by atomic mass is 9.96. The molecule has 3 heterocycles. The van der Waals surface area contributed by atoms with E-state index >= 15 is 0 Å². The Morgan fingerprint density at radius 2 is 2.00 bits per heavy atom. The predicted octanol–water partition coefficient (Wildman–Crippen LogP) is 3.80. The number of hydrogen-bond donors (Lipinski definition) is 1. The van der Waals surface area contributed by atoms with Crippen LogP contribution in [0.25, 0.3) is 11.3 Å². The van der Waals surface area contributed by atoms with Crippen molar-refractivity contribution in [1.29, 1.82) is 0 Å². The van der Waals surface area contributed by atoms with Gasteiger partial charge in [-0.25, -0.2) is 9.97 Å². The third kappa shape index (κ3) is 4.37. The molecule has 1 spiro atoms. The number of nitrogens with one attached hydrogen (secondary N) is 1. The smallest absolute Gasteiger partial charge is 0.406 e. The van der Waals surface area contributed by atoms with Gasteiger partial charge < -0.3 is 9.64 Å². The zero-order valence-corrected chi connectivity index (χ0v) is 17.3. The maximum atomic E-state index is 12.5. The summed E-state index contributed by atoms with van der Waals surface area (Å²) in [5.41, 5.74) is 1.15. The summed E-state index contributed by atoms with van der Waals surface area (Å²) < 4.78 is 41.6. The second-order valence-corrected chi connectivity index (χ2v) is 7.62. The van der Waals surface area contributed by atoms with Crippen LogP contribution in [0.1, 0.15) is 36.8 Å². The van der Waals surface area contributed by atoms with Crippen molar-refractivity contribution in [3.63, 3.8) is 0 Å². The van der Waals surface area contributed by atoms with E-state index in [-0.39, 0.29) is 30.1 Å². The summed E-state index contributed by atoms with van der Waals surface area (Å²) in [6.45, 7) is 2.52. The Balaban J connectivity index is 0.00000256. The molecular weight excluding hydrogens is 421 g/mol. The van der Waals surface area contributed by atoms with Gasteiger partial charge in [0.15, 0.2) is 0 Å². The van der Waals surface area contributed by atoms with Gasteiger partial charge >= 0.3 is 6.36 Å². The number of halogens is 4. The fourth-order valence-electron chi connectivity index (χ4n) is 4.11. The first-order valence-corrected chi connectivity index (χ1v) is 9.40. The van der Waals surface area contributed by atoms with Crippen LogP contribution in [0.15, 0.2) is 30.3 Å². The summed E-state index contributed by atoms with van der Waals surface area (Å²) in [4.78, 5) is 23.4. The highest BCUT2D eigenvalue weighted by molar-refractivity contribution is 5.88. The van der Waals surface area contributed by atoms with E-state index in [9.17, 15) is 18.0 Å². The number of aryl methyl sites for hydroxylation is 1. The number of carbonyl (C=O) groups excluding carboxylic acids is 1. The molecule has 10 heteroatoms. The Morgan fingerprint density at radius 1 is 1.23 bits per heavy atom. The lowest BCUT2D eigenvalue weighted by Gasteiger charge is -2.23. The van der Waals surface area contributed by atoms with Crippen LogP contribution >= 0.6 is 12.4 Å². The van der Waals surface area contributed by atoms with Crippen molar-refractivity contribution in [3.8, 4) is 17.0 Å². The van der Waals surface area contributed by atoms with Crippen LogP contribution in [0, 0.1) is 6.92 Å². The van der Waals surface area contributed by atoms with Crippen LogP contribution in [0.2, 0.25) is 0 Å². The molecule has 4 rings (SSSR count). The van der Waals surface area contributed by atoms with Gasteiger partial charge in [-0.2, -0.15) is 0 Å². The summed E-state index contributed by atoms with van der Waals surface area (Å²) in [6.07, 6.45) is -2.58. The quantitative estimate of drug-likeness (QED) is 0.783. The van der Waals surface area contributed by atoms with Crippen molar-refractivity contribution in [2.75, 3.05) is 13.6 Å². The Bertz CT molecular complexity index is 956. The number of amides is 1. The average molecular weight is 443 g/mol. The van der Waals surface area contributed by atoms with E-state index in [0.717, 1.165) is 12.8 Å². The normalized spacial score (nSPS) is 23.7. The Labute approximate surface area is 178 Å². The highest BCUT2D eigenvalue weighted by atomic mass is 35.5. The molecule has 2 aliphatic heterocycles. The van der Waals surface area contributed by atoms with Gasteiger partial charge in [-0.1, -0.05) is 12.1 Å². The van der Waals surface area contributed by atoms with Crippen molar-refractivity contribution in [1.82, 2.24) is 20.2 Å². The molecule has 2 aliphatic rings. The molecule has 1 N–H and O–H groups in total. The van der Waals surface area contributed by atoms with Crippen molar-refractivity contribution in [3.05, 3.63) is 41.9 Å². The number of rotatable bonds is 3. The third-order valence-electron chi connectivity index (χ3n) is 5.49. The van der Waals surface area contributed by atoms with Crippen LogP contribution < -0.4 is 10.1 Å². The summed E-state index contributed by atoms with van der Waals surface area (Å²) >= 11 is 0. The summed E-state index contributed by atoms with van der Waals surface area (Å²) in [5, 5.41) is 3.42. The average Bonchev–Trinajstić information content (AvgIpc) is 3.20. The predicted molar refractivity (Wildman–Crippen MR) is 106 cm³/mol. The molecule has 30 heavy (non-hydrogen) atoms. The molecule has 2 fully saturated rings. The number of likely N-dealkylation sites (N-methyl/N-ethyl adjacent to an activating group) is 1. The highest BCUT2D eigenvalue weighted by Crippen LogP contribution is 2.38. The van der Waals surface area contributed by atoms with Crippen LogP contribution in [0.4, 0.5) is 13.2 Å². The second kappa shape index (κ2) is 8.03. The molecule has 1 aromatic carbocycles. The number of aromatic nitrogens is 2. The summed E-state index contributed by atoms with van der Waals surface area (Å²) in [7, 11) is 1.80. The first-order valence-electron chi connectivity index (χ1n) is 9.40. The molecule has 0 saturated carbocycles. The minimum atomic E-state index is -4.76. The molecular formula is C20H22ClF3N4O2. The number of alkyl halides is 3. The largest absolute Gasteiger partial charge is 0.573 e. The Hall–Kier alpha value is -2.39. The highest BCUT2D eigenvalue weighted by Gasteiger charge is 2.50. The van der Waals surface area contributed by atoms with E-state index in [1.54, 1.807) is 24.1 Å². The molecule has 0 unspecified atom stereocenters. The number of nitrogens with zero attached hydrogens (tertiary/aromatic N) is 3. The van der Waals surface area contributed by atoms with Crippen molar-refractivity contribution in [2.24, 2.45) is 0 Å². The lowest BCUT2D eigenvalue weighted by Crippen LogP contribution is -2.47. The van der Waals surface area contributed by atoms with E-state index < -0.39 is 11.9 Å². The number of ether oxygens (including phenoxy) is 1. The van der Waals surface area contributed by atoms with Gasteiger partial charge in [0.1, 0.15) is 17.1 Å². The van der Waals surface area contributed by atoms with E-state index in [1.807, 2.05) is 6.92 Å². The van der Waals surface area contributed by atoms with E-state index in [4.69, 9.17) is 0 Å². The SMILES string of the molecule is Cc1cc(-c2cccc(OC(F)(F)F)c2)nc([C@@H]2CC[C@@]3(CCN(C)C3=O)N2)n1.Cl. The zero-order valence-electron chi connectivity index (χ0n) is 16.5. The molecule has 2 saturated heterocycles. The minimum Gasteiger partial charge on any atom is -0.406 e. The topological polar surface area (TPSA) is 67.3 Å². The van der Waals surface area contributed by atoms with Gasteiger partial charge in [-0.15, -0.1) is 25.6 Å². The Morgan fingerprint density at radius 3 is 2.67 bits per heavy atom. The minimum absolute atomic E-state index is 0. The standard InChI is InChI=1S/C20H21F3N4O2.ClH/c1-12-10-16(13-4-3-5-14(11-13)29-20(21,22)23)25-17(24-12)15-6-7-19(26-15)8-9-27(2)18(19)28;/h3-5,10-11,15,26H,6-9H2,1-2H3;1H/t15-,19-;/m0./s1. The van der Waals surface area contributed by atoms with Crippen molar-refractivity contribution in [2.45, 2.75) is 44.1 Å². The monoisotopic (exact) mass is 442 g/mol.